The average molecular weight is 274 g/mol. The molecule has 0 bridgehead atoms. The molecule has 1 aromatic rings. The van der Waals surface area contributed by atoms with E-state index < -0.39 is 18.0 Å². The molecule has 0 spiro atoms. The number of halogens is 3. The van der Waals surface area contributed by atoms with E-state index in [1.165, 1.54) is 25.2 Å². The first-order chi connectivity index (χ1) is 8.75. The molecule has 1 rings (SSSR count). The summed E-state index contributed by atoms with van der Waals surface area (Å²) in [7, 11) is 0. The minimum Gasteiger partial charge on any atom is -0.478 e. The molecular formula is C11H9F3N2O3. The third kappa shape index (κ3) is 3.80. The van der Waals surface area contributed by atoms with Gasteiger partial charge in [0.05, 0.1) is 0 Å². The van der Waals surface area contributed by atoms with Crippen molar-refractivity contribution >= 4 is 11.5 Å². The molecule has 102 valence electrons. The standard InChI is InChI=1S/C11H9F3N2O3/c1-3-7(5-4-6(2)9(17)18)8-15-10(19-16-8)11(12,13)14/h3-5H,1H2,2H3,(H,17,18)/b6-4+,7-5+. The minimum absolute atomic E-state index is 0.00103. The summed E-state index contributed by atoms with van der Waals surface area (Å²) in [5.41, 5.74) is 0.110. The Morgan fingerprint density at radius 1 is 1.42 bits per heavy atom. The predicted octanol–water partition coefficient (Wildman–Crippen LogP) is 2.69. The van der Waals surface area contributed by atoms with Crippen molar-refractivity contribution in [2.45, 2.75) is 13.1 Å². The fourth-order valence-electron chi connectivity index (χ4n) is 0.976. The van der Waals surface area contributed by atoms with Crippen LogP contribution in [-0.4, -0.2) is 21.2 Å². The number of carboxylic acid groups (broad SMARTS) is 1. The third-order valence-corrected chi connectivity index (χ3v) is 2.00. The number of carbonyl (C=O) groups is 1. The quantitative estimate of drug-likeness (QED) is 0.674. The Morgan fingerprint density at radius 3 is 2.47 bits per heavy atom. The fraction of sp³-hybridized carbons (Fsp3) is 0.182. The lowest BCUT2D eigenvalue weighted by atomic mass is 10.2. The first-order valence-corrected chi connectivity index (χ1v) is 4.91. The molecule has 1 heterocycles. The number of hydrogen-bond donors (Lipinski definition) is 1. The van der Waals surface area contributed by atoms with Gasteiger partial charge in [0.25, 0.3) is 0 Å². The highest BCUT2D eigenvalue weighted by molar-refractivity contribution is 5.86. The van der Waals surface area contributed by atoms with Gasteiger partial charge in [-0.1, -0.05) is 30.0 Å². The first-order valence-electron chi connectivity index (χ1n) is 4.91. The van der Waals surface area contributed by atoms with Crippen LogP contribution >= 0.6 is 0 Å². The molecule has 0 amide bonds. The Hall–Kier alpha value is -2.38. The van der Waals surface area contributed by atoms with E-state index in [9.17, 15) is 18.0 Å². The smallest absolute Gasteiger partial charge is 0.471 e. The van der Waals surface area contributed by atoms with E-state index >= 15 is 0 Å². The highest BCUT2D eigenvalue weighted by atomic mass is 19.4. The molecule has 19 heavy (non-hydrogen) atoms. The second-order valence-corrected chi connectivity index (χ2v) is 3.40. The summed E-state index contributed by atoms with van der Waals surface area (Å²) in [5, 5.41) is 11.8. The number of aromatic nitrogens is 2. The number of allylic oxidation sites excluding steroid dienone is 4. The van der Waals surface area contributed by atoms with Crippen LogP contribution in [0.25, 0.3) is 5.57 Å². The van der Waals surface area contributed by atoms with Crippen molar-refractivity contribution in [2.24, 2.45) is 0 Å². The highest BCUT2D eigenvalue weighted by Gasteiger charge is 2.38. The van der Waals surface area contributed by atoms with E-state index in [1.807, 2.05) is 0 Å². The number of hydrogen-bond acceptors (Lipinski definition) is 4. The van der Waals surface area contributed by atoms with Gasteiger partial charge in [0, 0.05) is 11.1 Å². The van der Waals surface area contributed by atoms with Gasteiger partial charge in [-0.25, -0.2) is 4.79 Å². The largest absolute Gasteiger partial charge is 0.478 e. The number of alkyl halides is 3. The molecule has 0 aromatic carbocycles. The zero-order chi connectivity index (χ0) is 14.6. The van der Waals surface area contributed by atoms with Crippen molar-refractivity contribution in [1.82, 2.24) is 10.1 Å². The van der Waals surface area contributed by atoms with E-state index in [0.717, 1.165) is 0 Å². The maximum absolute atomic E-state index is 12.3. The number of carboxylic acids is 1. The molecule has 0 aliphatic rings. The van der Waals surface area contributed by atoms with E-state index in [2.05, 4.69) is 21.2 Å². The van der Waals surface area contributed by atoms with Crippen molar-refractivity contribution in [3.8, 4) is 0 Å². The summed E-state index contributed by atoms with van der Waals surface area (Å²) in [4.78, 5) is 13.7. The Morgan fingerprint density at radius 2 is 2.05 bits per heavy atom. The van der Waals surface area contributed by atoms with Gasteiger partial charge in [0.2, 0.25) is 5.82 Å². The van der Waals surface area contributed by atoms with Crippen LogP contribution in [0, 0.1) is 0 Å². The summed E-state index contributed by atoms with van der Waals surface area (Å²) in [6.45, 7) is 4.71. The Labute approximate surface area is 105 Å². The fourth-order valence-corrected chi connectivity index (χ4v) is 0.976. The maximum atomic E-state index is 12.3. The summed E-state index contributed by atoms with van der Waals surface area (Å²) in [6, 6.07) is 0. The normalized spacial score (nSPS) is 13.5. The predicted molar refractivity (Wildman–Crippen MR) is 58.9 cm³/mol. The molecule has 0 aliphatic carbocycles. The van der Waals surface area contributed by atoms with E-state index in [0.29, 0.717) is 0 Å². The molecule has 0 radical (unpaired) electrons. The second-order valence-electron chi connectivity index (χ2n) is 3.40. The van der Waals surface area contributed by atoms with E-state index in [-0.39, 0.29) is 17.0 Å². The first kappa shape index (κ1) is 14.7. The van der Waals surface area contributed by atoms with Crippen LogP contribution in [0.5, 0.6) is 0 Å². The molecule has 0 aliphatic heterocycles. The molecule has 1 N–H and O–H groups in total. The lowest BCUT2D eigenvalue weighted by Gasteiger charge is -1.96. The number of nitrogens with zero attached hydrogens (tertiary/aromatic N) is 2. The van der Waals surface area contributed by atoms with Crippen LogP contribution in [0.2, 0.25) is 0 Å². The van der Waals surface area contributed by atoms with Crippen LogP contribution in [0.3, 0.4) is 0 Å². The highest BCUT2D eigenvalue weighted by Crippen LogP contribution is 2.28. The molecule has 0 saturated heterocycles. The van der Waals surface area contributed by atoms with Gasteiger partial charge in [-0.2, -0.15) is 18.2 Å². The molecule has 1 aromatic heterocycles. The SMILES string of the molecule is C=C/C(=C\C=C(/C)C(=O)O)c1noc(C(F)(F)F)n1. The van der Waals surface area contributed by atoms with Crippen LogP contribution in [0.4, 0.5) is 13.2 Å². The molecular weight excluding hydrogens is 265 g/mol. The summed E-state index contributed by atoms with van der Waals surface area (Å²) in [5.74, 6) is -2.95. The molecule has 8 heteroatoms. The Kier molecular flexibility index (Phi) is 4.26. The van der Waals surface area contributed by atoms with Gasteiger partial charge in [-0.05, 0) is 6.92 Å². The lowest BCUT2D eigenvalue weighted by molar-refractivity contribution is -0.159. The Bertz CT molecular complexity index is 556. The van der Waals surface area contributed by atoms with Gasteiger partial charge < -0.3 is 9.63 Å². The van der Waals surface area contributed by atoms with Crippen LogP contribution in [0.15, 0.2) is 34.9 Å². The second kappa shape index (κ2) is 5.51. The van der Waals surface area contributed by atoms with Gasteiger partial charge in [-0.15, -0.1) is 0 Å². The molecule has 0 atom stereocenters. The lowest BCUT2D eigenvalue weighted by Crippen LogP contribution is -2.05. The topological polar surface area (TPSA) is 76.2 Å². The number of rotatable bonds is 4. The van der Waals surface area contributed by atoms with E-state index in [1.54, 1.807) is 0 Å². The molecule has 0 saturated carbocycles. The monoisotopic (exact) mass is 274 g/mol. The average Bonchev–Trinajstić information content (AvgIpc) is 2.78. The van der Waals surface area contributed by atoms with Gasteiger partial charge in [0.1, 0.15) is 0 Å². The molecule has 0 fully saturated rings. The zero-order valence-electron chi connectivity index (χ0n) is 9.73. The van der Waals surface area contributed by atoms with Crippen molar-refractivity contribution in [1.29, 1.82) is 0 Å². The Balaban J connectivity index is 3.08. The molecule has 5 nitrogen and oxygen atoms in total. The van der Waals surface area contributed by atoms with Gasteiger partial charge >= 0.3 is 18.0 Å². The van der Waals surface area contributed by atoms with Gasteiger partial charge in [0.15, 0.2) is 0 Å². The van der Waals surface area contributed by atoms with Crippen LogP contribution in [-0.2, 0) is 11.0 Å². The summed E-state index contributed by atoms with van der Waals surface area (Å²) >= 11 is 0. The number of aliphatic carboxylic acids is 1. The van der Waals surface area contributed by atoms with Crippen LogP contribution in [0.1, 0.15) is 18.6 Å². The van der Waals surface area contributed by atoms with Gasteiger partial charge in [-0.3, -0.25) is 0 Å². The minimum atomic E-state index is -4.73. The summed E-state index contributed by atoms with van der Waals surface area (Å²) in [6.07, 6.45) is -1.11. The third-order valence-electron chi connectivity index (χ3n) is 2.00. The summed E-state index contributed by atoms with van der Waals surface area (Å²) < 4.78 is 40.8. The van der Waals surface area contributed by atoms with Crippen molar-refractivity contribution in [3.05, 3.63) is 42.1 Å². The van der Waals surface area contributed by atoms with Crippen molar-refractivity contribution in [2.75, 3.05) is 0 Å². The van der Waals surface area contributed by atoms with Crippen molar-refractivity contribution in [3.63, 3.8) is 0 Å². The molecule has 0 unspecified atom stereocenters. The van der Waals surface area contributed by atoms with Crippen LogP contribution < -0.4 is 0 Å². The maximum Gasteiger partial charge on any atom is 0.471 e. The van der Waals surface area contributed by atoms with E-state index in [4.69, 9.17) is 5.11 Å². The zero-order valence-corrected chi connectivity index (χ0v) is 9.73. The van der Waals surface area contributed by atoms with Crippen molar-refractivity contribution < 1.29 is 27.6 Å².